The third-order valence-corrected chi connectivity index (χ3v) is 3.05. The number of rotatable bonds is 4. The lowest BCUT2D eigenvalue weighted by Gasteiger charge is -2.15. The molecule has 0 spiro atoms. The summed E-state index contributed by atoms with van der Waals surface area (Å²) in [6, 6.07) is 9.29. The minimum atomic E-state index is -0.992. The fraction of sp³-hybridized carbons (Fsp3) is 0.200. The van der Waals surface area contributed by atoms with Gasteiger partial charge < -0.3 is 10.4 Å². The maximum atomic E-state index is 12.9. The number of benzene rings is 1. The van der Waals surface area contributed by atoms with Crippen molar-refractivity contribution in [2.45, 2.75) is 19.9 Å². The van der Waals surface area contributed by atoms with Crippen molar-refractivity contribution in [3.63, 3.8) is 0 Å². The van der Waals surface area contributed by atoms with Crippen LogP contribution in [0.15, 0.2) is 36.4 Å². The van der Waals surface area contributed by atoms with Crippen LogP contribution in [0.2, 0.25) is 0 Å². The number of pyridine rings is 1. The van der Waals surface area contributed by atoms with Gasteiger partial charge in [0.1, 0.15) is 11.6 Å². The molecular weight excluding hydrogens is 259 g/mol. The van der Waals surface area contributed by atoms with Gasteiger partial charge in [0.15, 0.2) is 0 Å². The highest BCUT2D eigenvalue weighted by Gasteiger charge is 2.10. The molecule has 2 N–H and O–H groups in total. The fourth-order valence-electron chi connectivity index (χ4n) is 1.92. The molecule has 2 rings (SSSR count). The Balaban J connectivity index is 2.15. The van der Waals surface area contributed by atoms with E-state index < -0.39 is 5.97 Å². The normalized spacial score (nSPS) is 11.9. The fourth-order valence-corrected chi connectivity index (χ4v) is 1.92. The topological polar surface area (TPSA) is 62.2 Å². The zero-order valence-electron chi connectivity index (χ0n) is 11.2. The van der Waals surface area contributed by atoms with Gasteiger partial charge in [0.2, 0.25) is 0 Å². The molecule has 1 atom stereocenters. The summed E-state index contributed by atoms with van der Waals surface area (Å²) in [6.07, 6.45) is 0. The van der Waals surface area contributed by atoms with Gasteiger partial charge in [-0.05, 0) is 43.7 Å². The molecule has 2 aromatic rings. The molecule has 0 saturated carbocycles. The predicted octanol–water partition coefficient (Wildman–Crippen LogP) is 3.40. The zero-order chi connectivity index (χ0) is 14.7. The number of halogens is 1. The summed E-state index contributed by atoms with van der Waals surface area (Å²) >= 11 is 0. The minimum Gasteiger partial charge on any atom is -0.478 e. The maximum Gasteiger partial charge on any atom is 0.337 e. The molecular formula is C15H15FN2O2. The highest BCUT2D eigenvalue weighted by molar-refractivity contribution is 5.89. The Morgan fingerprint density at radius 1 is 1.25 bits per heavy atom. The van der Waals surface area contributed by atoms with Crippen LogP contribution < -0.4 is 5.32 Å². The molecule has 1 aromatic heterocycles. The zero-order valence-corrected chi connectivity index (χ0v) is 11.2. The predicted molar refractivity (Wildman–Crippen MR) is 74.4 cm³/mol. The molecule has 0 fully saturated rings. The van der Waals surface area contributed by atoms with Gasteiger partial charge in [-0.25, -0.2) is 14.2 Å². The molecule has 0 aliphatic rings. The number of hydrogen-bond donors (Lipinski definition) is 2. The van der Waals surface area contributed by atoms with Crippen LogP contribution in [0.3, 0.4) is 0 Å². The number of nitrogens with zero attached hydrogens (tertiary/aromatic N) is 1. The van der Waals surface area contributed by atoms with E-state index in [1.165, 1.54) is 18.2 Å². The Labute approximate surface area is 116 Å². The first-order valence-electron chi connectivity index (χ1n) is 6.20. The summed E-state index contributed by atoms with van der Waals surface area (Å²) in [5.41, 5.74) is 1.56. The molecule has 0 bridgehead atoms. The number of carboxylic acids is 1. The smallest absolute Gasteiger partial charge is 0.337 e. The number of anilines is 1. The first-order chi connectivity index (χ1) is 9.47. The van der Waals surface area contributed by atoms with Crippen molar-refractivity contribution in [1.82, 2.24) is 4.98 Å². The van der Waals surface area contributed by atoms with Crippen molar-refractivity contribution in [3.8, 4) is 0 Å². The molecule has 0 aliphatic heterocycles. The van der Waals surface area contributed by atoms with E-state index in [1.54, 1.807) is 25.1 Å². The van der Waals surface area contributed by atoms with Gasteiger partial charge in [-0.15, -0.1) is 0 Å². The summed E-state index contributed by atoms with van der Waals surface area (Å²) in [7, 11) is 0. The maximum absolute atomic E-state index is 12.9. The van der Waals surface area contributed by atoms with Gasteiger partial charge in [0.25, 0.3) is 0 Å². The Hall–Kier alpha value is -2.43. The van der Waals surface area contributed by atoms with Crippen LogP contribution >= 0.6 is 0 Å². The number of aryl methyl sites for hydroxylation is 1. The van der Waals surface area contributed by atoms with Gasteiger partial charge >= 0.3 is 5.97 Å². The Morgan fingerprint density at radius 2 is 1.90 bits per heavy atom. The molecule has 104 valence electrons. The Morgan fingerprint density at radius 3 is 2.45 bits per heavy atom. The number of aromatic carboxylic acids is 1. The van der Waals surface area contributed by atoms with E-state index in [-0.39, 0.29) is 17.4 Å². The van der Waals surface area contributed by atoms with E-state index in [9.17, 15) is 9.18 Å². The van der Waals surface area contributed by atoms with Crippen LogP contribution in [0.5, 0.6) is 0 Å². The van der Waals surface area contributed by atoms with Crippen LogP contribution in [0.1, 0.15) is 34.6 Å². The molecule has 1 heterocycles. The van der Waals surface area contributed by atoms with E-state index >= 15 is 0 Å². The van der Waals surface area contributed by atoms with Gasteiger partial charge in [0.05, 0.1) is 11.3 Å². The third-order valence-electron chi connectivity index (χ3n) is 3.05. The average molecular weight is 274 g/mol. The molecule has 5 heteroatoms. The quantitative estimate of drug-likeness (QED) is 0.897. The molecule has 1 unspecified atom stereocenters. The summed E-state index contributed by atoms with van der Waals surface area (Å²) in [5, 5.41) is 12.1. The van der Waals surface area contributed by atoms with Crippen LogP contribution in [0, 0.1) is 12.7 Å². The lowest BCUT2D eigenvalue weighted by Crippen LogP contribution is -2.10. The molecule has 0 saturated heterocycles. The van der Waals surface area contributed by atoms with Crippen LogP contribution in [0.4, 0.5) is 10.2 Å². The van der Waals surface area contributed by atoms with Crippen LogP contribution in [-0.2, 0) is 0 Å². The number of carbonyl (C=O) groups is 1. The second-order valence-electron chi connectivity index (χ2n) is 4.55. The largest absolute Gasteiger partial charge is 0.478 e. The van der Waals surface area contributed by atoms with E-state index in [0.717, 1.165) is 5.56 Å². The lowest BCUT2D eigenvalue weighted by atomic mass is 10.1. The van der Waals surface area contributed by atoms with Gasteiger partial charge in [-0.3, -0.25) is 0 Å². The molecule has 0 aliphatic carbocycles. The first kappa shape index (κ1) is 14.0. The number of carboxylic acid groups (broad SMARTS) is 1. The SMILES string of the molecule is Cc1nc(NC(C)c2ccc(F)cc2)ccc1C(=O)O. The number of nitrogens with one attached hydrogen (secondary N) is 1. The highest BCUT2D eigenvalue weighted by Crippen LogP contribution is 2.19. The van der Waals surface area contributed by atoms with Crippen molar-refractivity contribution in [1.29, 1.82) is 0 Å². The van der Waals surface area contributed by atoms with E-state index in [2.05, 4.69) is 10.3 Å². The van der Waals surface area contributed by atoms with Crippen LogP contribution in [0.25, 0.3) is 0 Å². The minimum absolute atomic E-state index is 0.0572. The highest BCUT2D eigenvalue weighted by atomic mass is 19.1. The standard InChI is InChI=1S/C15H15FN2O2/c1-9(11-3-5-12(16)6-4-11)17-14-8-7-13(15(19)20)10(2)18-14/h3-9H,1-2H3,(H,17,18)(H,19,20). The number of aromatic nitrogens is 1. The second kappa shape index (κ2) is 5.69. The van der Waals surface area contributed by atoms with E-state index in [1.807, 2.05) is 6.92 Å². The van der Waals surface area contributed by atoms with Gasteiger partial charge in [-0.1, -0.05) is 12.1 Å². The Kier molecular flexibility index (Phi) is 3.98. The van der Waals surface area contributed by atoms with Crippen molar-refractivity contribution in [2.75, 3.05) is 5.32 Å². The van der Waals surface area contributed by atoms with E-state index in [0.29, 0.717) is 11.5 Å². The Bertz CT molecular complexity index is 626. The number of hydrogen-bond acceptors (Lipinski definition) is 3. The van der Waals surface area contributed by atoms with Crippen molar-refractivity contribution >= 4 is 11.8 Å². The summed E-state index contributed by atoms with van der Waals surface area (Å²) in [5.74, 6) is -0.682. The lowest BCUT2D eigenvalue weighted by molar-refractivity contribution is 0.0695. The second-order valence-corrected chi connectivity index (χ2v) is 4.55. The van der Waals surface area contributed by atoms with Crippen LogP contribution in [-0.4, -0.2) is 16.1 Å². The van der Waals surface area contributed by atoms with E-state index in [4.69, 9.17) is 5.11 Å². The van der Waals surface area contributed by atoms with Crippen molar-refractivity contribution in [2.24, 2.45) is 0 Å². The molecule has 0 amide bonds. The molecule has 4 nitrogen and oxygen atoms in total. The van der Waals surface area contributed by atoms with Gasteiger partial charge in [0, 0.05) is 6.04 Å². The summed E-state index contributed by atoms with van der Waals surface area (Å²) < 4.78 is 12.9. The molecule has 1 aromatic carbocycles. The average Bonchev–Trinajstić information content (AvgIpc) is 2.39. The van der Waals surface area contributed by atoms with Crippen molar-refractivity contribution in [3.05, 3.63) is 59.0 Å². The summed E-state index contributed by atoms with van der Waals surface area (Å²) in [4.78, 5) is 15.1. The molecule has 20 heavy (non-hydrogen) atoms. The monoisotopic (exact) mass is 274 g/mol. The van der Waals surface area contributed by atoms with Gasteiger partial charge in [-0.2, -0.15) is 0 Å². The summed E-state index contributed by atoms with van der Waals surface area (Å²) in [6.45, 7) is 3.58. The van der Waals surface area contributed by atoms with Crippen molar-refractivity contribution < 1.29 is 14.3 Å². The molecule has 0 radical (unpaired) electrons. The third kappa shape index (κ3) is 3.12. The first-order valence-corrected chi connectivity index (χ1v) is 6.20.